The van der Waals surface area contributed by atoms with Gasteiger partial charge in [0.15, 0.2) is 0 Å². The first-order valence-electron chi connectivity index (χ1n) is 14.4. The van der Waals surface area contributed by atoms with Gasteiger partial charge in [-0.1, -0.05) is 78.4 Å². The number of carbonyl (C=O) groups is 2. The molecule has 0 aliphatic heterocycles. The third kappa shape index (κ3) is 8.54. The summed E-state index contributed by atoms with van der Waals surface area (Å²) in [6, 6.07) is 28.8. The van der Waals surface area contributed by atoms with Crippen LogP contribution in [-0.4, -0.2) is 43.3 Å². The van der Waals surface area contributed by atoms with Crippen molar-refractivity contribution in [2.24, 2.45) is 0 Å². The molecule has 1 atom stereocenters. The molecule has 4 rings (SSSR count). The van der Waals surface area contributed by atoms with Crippen molar-refractivity contribution in [3.05, 3.63) is 132 Å². The van der Waals surface area contributed by atoms with Crippen molar-refractivity contribution in [2.75, 3.05) is 10.8 Å². The van der Waals surface area contributed by atoms with Crippen molar-refractivity contribution < 1.29 is 22.4 Å². The van der Waals surface area contributed by atoms with Gasteiger partial charge in [0.05, 0.1) is 10.6 Å². The van der Waals surface area contributed by atoms with Crippen molar-refractivity contribution >= 4 is 27.5 Å². The van der Waals surface area contributed by atoms with Crippen LogP contribution < -0.4 is 9.62 Å². The lowest BCUT2D eigenvalue weighted by Crippen LogP contribution is -2.56. The number of amides is 2. The van der Waals surface area contributed by atoms with Crippen LogP contribution in [0, 0.1) is 12.7 Å². The molecule has 44 heavy (non-hydrogen) atoms. The molecule has 0 aliphatic rings. The number of para-hydroxylation sites is 1. The lowest BCUT2D eigenvalue weighted by Gasteiger charge is -2.35. The zero-order chi connectivity index (χ0) is 31.9. The van der Waals surface area contributed by atoms with Crippen molar-refractivity contribution in [1.82, 2.24) is 10.2 Å². The first-order valence-corrected chi connectivity index (χ1v) is 15.8. The smallest absolute Gasteiger partial charge is 0.264 e. The van der Waals surface area contributed by atoms with E-state index in [0.717, 1.165) is 33.1 Å². The fraction of sp³-hybridized carbons (Fsp3) is 0.257. The molecular formula is C35H38FN3O4S. The number of nitrogens with one attached hydrogen (secondary N) is 1. The molecule has 9 heteroatoms. The highest BCUT2D eigenvalue weighted by atomic mass is 32.2. The number of nitrogens with zero attached hydrogens (tertiary/aromatic N) is 2. The maximum Gasteiger partial charge on any atom is 0.264 e. The molecule has 4 aromatic carbocycles. The van der Waals surface area contributed by atoms with Gasteiger partial charge in [-0.25, -0.2) is 12.8 Å². The third-order valence-electron chi connectivity index (χ3n) is 6.93. The predicted octanol–water partition coefficient (Wildman–Crippen LogP) is 5.88. The topological polar surface area (TPSA) is 86.8 Å². The van der Waals surface area contributed by atoms with E-state index < -0.39 is 39.9 Å². The summed E-state index contributed by atoms with van der Waals surface area (Å²) < 4.78 is 42.6. The van der Waals surface area contributed by atoms with E-state index >= 15 is 0 Å². The van der Waals surface area contributed by atoms with Crippen LogP contribution in [0.5, 0.6) is 0 Å². The Morgan fingerprint density at radius 1 is 0.818 bits per heavy atom. The number of aryl methyl sites for hydroxylation is 1. The first kappa shape index (κ1) is 32.4. The second kappa shape index (κ2) is 13.9. The Hall–Kier alpha value is -4.50. The van der Waals surface area contributed by atoms with E-state index in [1.54, 1.807) is 30.3 Å². The maximum absolute atomic E-state index is 14.4. The van der Waals surface area contributed by atoms with Gasteiger partial charge in [0.2, 0.25) is 11.8 Å². The van der Waals surface area contributed by atoms with Gasteiger partial charge < -0.3 is 10.2 Å². The molecule has 0 unspecified atom stereocenters. The van der Waals surface area contributed by atoms with Gasteiger partial charge in [0, 0.05) is 18.5 Å². The highest BCUT2D eigenvalue weighted by Gasteiger charge is 2.35. The summed E-state index contributed by atoms with van der Waals surface area (Å²) >= 11 is 0. The Balaban J connectivity index is 1.80. The van der Waals surface area contributed by atoms with Crippen molar-refractivity contribution in [1.29, 1.82) is 0 Å². The summed E-state index contributed by atoms with van der Waals surface area (Å²) in [4.78, 5) is 29.6. The molecule has 230 valence electrons. The van der Waals surface area contributed by atoms with Gasteiger partial charge in [-0.05, 0) is 75.2 Å². The Morgan fingerprint density at radius 3 is 2.00 bits per heavy atom. The molecule has 2 amide bonds. The van der Waals surface area contributed by atoms with Gasteiger partial charge in [-0.3, -0.25) is 13.9 Å². The van der Waals surface area contributed by atoms with Crippen molar-refractivity contribution in [3.8, 4) is 0 Å². The minimum absolute atomic E-state index is 0.0782. The molecule has 0 saturated carbocycles. The van der Waals surface area contributed by atoms with Crippen LogP contribution in [0.15, 0.2) is 114 Å². The van der Waals surface area contributed by atoms with Gasteiger partial charge in [-0.2, -0.15) is 0 Å². The minimum atomic E-state index is -4.29. The van der Waals surface area contributed by atoms with Crippen LogP contribution in [0.1, 0.15) is 37.5 Å². The molecule has 0 radical (unpaired) electrons. The molecule has 7 nitrogen and oxygen atoms in total. The largest absolute Gasteiger partial charge is 0.350 e. The fourth-order valence-electron chi connectivity index (χ4n) is 4.87. The standard InChI is InChI=1S/C35H38FN3O4S/c1-26-12-11-15-28(22-26)24-38(32(34(41)37-35(2,3)4)23-27-13-7-5-8-14-27)33(40)25-39(30-16-9-6-10-17-30)44(42,43)31-20-18-29(36)19-21-31/h5-22,32H,23-25H2,1-4H3,(H,37,41)/t32-/m1/s1. The van der Waals surface area contributed by atoms with Gasteiger partial charge >= 0.3 is 0 Å². The molecule has 4 aromatic rings. The predicted molar refractivity (Wildman–Crippen MR) is 171 cm³/mol. The van der Waals surface area contributed by atoms with E-state index in [1.807, 2.05) is 82.3 Å². The van der Waals surface area contributed by atoms with Crippen LogP contribution >= 0.6 is 0 Å². The second-order valence-corrected chi connectivity index (χ2v) is 13.6. The lowest BCUT2D eigenvalue weighted by molar-refractivity contribution is -0.140. The van der Waals surface area contributed by atoms with Crippen LogP contribution in [-0.2, 0) is 32.6 Å². The van der Waals surface area contributed by atoms with Crippen molar-refractivity contribution in [3.63, 3.8) is 0 Å². The normalized spacial score (nSPS) is 12.3. The van der Waals surface area contributed by atoms with E-state index in [0.29, 0.717) is 0 Å². The van der Waals surface area contributed by atoms with Crippen LogP contribution in [0.2, 0.25) is 0 Å². The first-order chi connectivity index (χ1) is 20.8. The zero-order valence-electron chi connectivity index (χ0n) is 25.4. The summed E-state index contributed by atoms with van der Waals surface area (Å²) in [5, 5.41) is 3.02. The lowest BCUT2D eigenvalue weighted by atomic mass is 10.0. The zero-order valence-corrected chi connectivity index (χ0v) is 26.2. The molecule has 1 N–H and O–H groups in total. The number of rotatable bonds is 11. The Bertz CT molecular complexity index is 1670. The maximum atomic E-state index is 14.4. The number of sulfonamides is 1. The van der Waals surface area contributed by atoms with E-state index in [2.05, 4.69) is 5.32 Å². The minimum Gasteiger partial charge on any atom is -0.350 e. The Morgan fingerprint density at radius 2 is 1.41 bits per heavy atom. The molecule has 0 saturated heterocycles. The summed E-state index contributed by atoms with van der Waals surface area (Å²) in [5.74, 6) is -1.50. The molecule has 0 heterocycles. The van der Waals surface area contributed by atoms with Crippen LogP contribution in [0.4, 0.5) is 10.1 Å². The quantitative estimate of drug-likeness (QED) is 0.228. The number of carbonyl (C=O) groups excluding carboxylic acids is 2. The van der Waals surface area contributed by atoms with Gasteiger partial charge in [-0.15, -0.1) is 0 Å². The van der Waals surface area contributed by atoms with E-state index in [9.17, 15) is 22.4 Å². The second-order valence-electron chi connectivity index (χ2n) is 11.8. The summed E-state index contributed by atoms with van der Waals surface area (Å²) in [7, 11) is -4.29. The average molecular weight is 616 g/mol. The Labute approximate surface area is 259 Å². The molecule has 0 aromatic heterocycles. The Kier molecular flexibility index (Phi) is 10.2. The molecule has 0 spiro atoms. The highest BCUT2D eigenvalue weighted by molar-refractivity contribution is 7.92. The number of halogens is 1. The molecule has 0 aliphatic carbocycles. The highest BCUT2D eigenvalue weighted by Crippen LogP contribution is 2.25. The monoisotopic (exact) mass is 615 g/mol. The molecule has 0 fully saturated rings. The van der Waals surface area contributed by atoms with Crippen LogP contribution in [0.25, 0.3) is 0 Å². The number of hydrogen-bond donors (Lipinski definition) is 1. The third-order valence-corrected chi connectivity index (χ3v) is 8.72. The fourth-order valence-corrected chi connectivity index (χ4v) is 6.29. The number of anilines is 1. The van der Waals surface area contributed by atoms with E-state index in [1.165, 1.54) is 17.0 Å². The van der Waals surface area contributed by atoms with Gasteiger partial charge in [0.1, 0.15) is 18.4 Å². The van der Waals surface area contributed by atoms with Crippen LogP contribution in [0.3, 0.4) is 0 Å². The summed E-state index contributed by atoms with van der Waals surface area (Å²) in [5.41, 5.74) is 2.32. The number of hydrogen-bond acceptors (Lipinski definition) is 4. The van der Waals surface area contributed by atoms with E-state index in [-0.39, 0.29) is 29.5 Å². The van der Waals surface area contributed by atoms with Gasteiger partial charge in [0.25, 0.3) is 10.0 Å². The SMILES string of the molecule is Cc1cccc(CN(C(=O)CN(c2ccccc2)S(=O)(=O)c2ccc(F)cc2)[C@H](Cc2ccccc2)C(=O)NC(C)(C)C)c1. The van der Waals surface area contributed by atoms with E-state index in [4.69, 9.17) is 0 Å². The van der Waals surface area contributed by atoms with Crippen molar-refractivity contribution in [2.45, 2.75) is 57.1 Å². The molecule has 0 bridgehead atoms. The number of benzene rings is 4. The summed E-state index contributed by atoms with van der Waals surface area (Å²) in [6.07, 6.45) is 0.219. The molecular weight excluding hydrogens is 577 g/mol. The average Bonchev–Trinajstić information content (AvgIpc) is 2.98. The summed E-state index contributed by atoms with van der Waals surface area (Å²) in [6.45, 7) is 7.03.